The van der Waals surface area contributed by atoms with Gasteiger partial charge in [-0.2, -0.15) is 5.26 Å². The first-order valence-corrected chi connectivity index (χ1v) is 8.08. The Bertz CT molecular complexity index is 534. The molecule has 0 aromatic carbocycles. The summed E-state index contributed by atoms with van der Waals surface area (Å²) in [6.07, 6.45) is 6.52. The van der Waals surface area contributed by atoms with Crippen LogP contribution in [0.15, 0.2) is 6.07 Å². The lowest BCUT2D eigenvalue weighted by molar-refractivity contribution is 0.252. The van der Waals surface area contributed by atoms with Gasteiger partial charge < -0.3 is 5.32 Å². The summed E-state index contributed by atoms with van der Waals surface area (Å²) in [7, 11) is 0. The second-order valence-electron chi connectivity index (χ2n) is 7.07. The minimum absolute atomic E-state index is 0.389. The van der Waals surface area contributed by atoms with Gasteiger partial charge in [-0.1, -0.05) is 26.7 Å². The van der Waals surface area contributed by atoms with Crippen molar-refractivity contribution in [1.29, 1.82) is 5.26 Å². The summed E-state index contributed by atoms with van der Waals surface area (Å²) in [5.74, 6) is 1.48. The largest absolute Gasteiger partial charge is 0.368 e. The Labute approximate surface area is 128 Å². The third-order valence-electron chi connectivity index (χ3n) is 4.59. The first-order chi connectivity index (χ1) is 9.96. The number of nitrogens with one attached hydrogen (secondary N) is 1. The van der Waals surface area contributed by atoms with Crippen LogP contribution in [0.2, 0.25) is 0 Å². The van der Waals surface area contributed by atoms with Crippen LogP contribution < -0.4 is 5.32 Å². The van der Waals surface area contributed by atoms with Crippen LogP contribution in [0.25, 0.3) is 0 Å². The van der Waals surface area contributed by atoms with E-state index in [-0.39, 0.29) is 0 Å². The zero-order valence-corrected chi connectivity index (χ0v) is 13.8. The van der Waals surface area contributed by atoms with E-state index >= 15 is 0 Å². The number of hydrogen-bond donors (Lipinski definition) is 1. The number of aromatic nitrogens is 1. The number of anilines is 1. The topological polar surface area (TPSA) is 48.7 Å². The Balaban J connectivity index is 2.17. The molecular formula is C18H27N3. The van der Waals surface area contributed by atoms with Gasteiger partial charge in [0.1, 0.15) is 11.9 Å². The van der Waals surface area contributed by atoms with Crippen LogP contribution in [-0.2, 0) is 0 Å². The molecule has 1 saturated carbocycles. The molecule has 0 saturated heterocycles. The fraction of sp³-hybridized carbons (Fsp3) is 0.667. The van der Waals surface area contributed by atoms with E-state index in [0.29, 0.717) is 16.9 Å². The maximum Gasteiger partial charge on any atom is 0.144 e. The molecule has 0 amide bonds. The normalized spacial score (nSPS) is 17.0. The van der Waals surface area contributed by atoms with Crippen molar-refractivity contribution in [3.63, 3.8) is 0 Å². The highest BCUT2D eigenvalue weighted by Crippen LogP contribution is 2.43. The monoisotopic (exact) mass is 285 g/mol. The molecule has 0 spiro atoms. The highest BCUT2D eigenvalue weighted by molar-refractivity contribution is 5.56. The average Bonchev–Trinajstić information content (AvgIpc) is 2.84. The molecule has 1 heterocycles. The fourth-order valence-electron chi connectivity index (χ4n) is 3.82. The molecule has 0 atom stereocenters. The zero-order chi connectivity index (χ0) is 15.5. The minimum Gasteiger partial charge on any atom is -0.368 e. The van der Waals surface area contributed by atoms with Gasteiger partial charge in [-0.15, -0.1) is 0 Å². The van der Waals surface area contributed by atoms with Crippen LogP contribution >= 0.6 is 0 Å². The highest BCUT2D eigenvalue weighted by atomic mass is 15.0. The summed E-state index contributed by atoms with van der Waals surface area (Å²) >= 11 is 0. The van der Waals surface area contributed by atoms with Gasteiger partial charge in [0.05, 0.1) is 5.56 Å². The number of hydrogen-bond acceptors (Lipinski definition) is 3. The van der Waals surface area contributed by atoms with Crippen LogP contribution in [0.1, 0.15) is 62.8 Å². The zero-order valence-electron chi connectivity index (χ0n) is 13.8. The van der Waals surface area contributed by atoms with E-state index in [2.05, 4.69) is 30.2 Å². The van der Waals surface area contributed by atoms with Gasteiger partial charge in [-0.3, -0.25) is 0 Å². The molecule has 3 nitrogen and oxygen atoms in total. The molecule has 1 N–H and O–H groups in total. The number of pyridine rings is 1. The maximum atomic E-state index is 9.36. The predicted octanol–water partition coefficient (Wildman–Crippen LogP) is 4.59. The summed E-state index contributed by atoms with van der Waals surface area (Å²) in [5.41, 5.74) is 3.06. The molecule has 3 heteroatoms. The lowest BCUT2D eigenvalue weighted by Crippen LogP contribution is -2.29. The van der Waals surface area contributed by atoms with Crippen molar-refractivity contribution in [3.05, 3.63) is 22.9 Å². The van der Waals surface area contributed by atoms with Crippen molar-refractivity contribution in [3.8, 4) is 6.07 Å². The molecule has 0 unspecified atom stereocenters. The van der Waals surface area contributed by atoms with E-state index < -0.39 is 0 Å². The van der Waals surface area contributed by atoms with Gasteiger partial charge in [-0.25, -0.2) is 4.98 Å². The molecule has 1 fully saturated rings. The molecule has 0 bridgehead atoms. The van der Waals surface area contributed by atoms with Crippen LogP contribution in [0.3, 0.4) is 0 Å². The predicted molar refractivity (Wildman–Crippen MR) is 87.3 cm³/mol. The molecule has 2 rings (SSSR count). The third kappa shape index (κ3) is 3.75. The van der Waals surface area contributed by atoms with E-state index in [4.69, 9.17) is 0 Å². The molecule has 1 aromatic heterocycles. The Morgan fingerprint density at radius 1 is 1.33 bits per heavy atom. The lowest BCUT2D eigenvalue weighted by atomic mass is 9.78. The quantitative estimate of drug-likeness (QED) is 0.860. The van der Waals surface area contributed by atoms with Crippen molar-refractivity contribution < 1.29 is 0 Å². The van der Waals surface area contributed by atoms with Gasteiger partial charge in [0, 0.05) is 12.2 Å². The van der Waals surface area contributed by atoms with Gasteiger partial charge in [0.15, 0.2) is 0 Å². The van der Waals surface area contributed by atoms with E-state index in [1.165, 1.54) is 32.1 Å². The van der Waals surface area contributed by atoms with Crippen molar-refractivity contribution in [1.82, 2.24) is 4.98 Å². The van der Waals surface area contributed by atoms with Crippen molar-refractivity contribution in [2.75, 3.05) is 11.9 Å². The first-order valence-electron chi connectivity index (χ1n) is 8.08. The molecule has 1 aliphatic carbocycles. The highest BCUT2D eigenvalue weighted by Gasteiger charge is 2.34. The number of rotatable bonds is 5. The molecule has 1 aromatic rings. The number of nitriles is 1. The van der Waals surface area contributed by atoms with Gasteiger partial charge in [0.2, 0.25) is 0 Å². The van der Waals surface area contributed by atoms with Gasteiger partial charge in [0.25, 0.3) is 0 Å². The summed E-state index contributed by atoms with van der Waals surface area (Å²) in [6, 6.07) is 4.27. The second kappa shape index (κ2) is 6.47. The Kier molecular flexibility index (Phi) is 4.88. The Hall–Kier alpha value is -1.56. The van der Waals surface area contributed by atoms with Crippen molar-refractivity contribution >= 4 is 5.82 Å². The molecule has 114 valence electrons. The summed E-state index contributed by atoms with van der Waals surface area (Å²) < 4.78 is 0. The average molecular weight is 285 g/mol. The minimum atomic E-state index is 0.389. The second-order valence-corrected chi connectivity index (χ2v) is 7.07. The van der Waals surface area contributed by atoms with E-state index in [9.17, 15) is 5.26 Å². The number of aryl methyl sites for hydroxylation is 2. The van der Waals surface area contributed by atoms with Crippen LogP contribution in [0.4, 0.5) is 5.82 Å². The standard InChI is InChI=1S/C18H27N3/c1-13(2)10-18(7-5-6-8-18)12-20-17-16(11-19)14(3)9-15(4)21-17/h9,13H,5-8,10,12H2,1-4H3,(H,20,21). The van der Waals surface area contributed by atoms with Crippen molar-refractivity contribution in [2.45, 2.75) is 59.8 Å². The summed E-state index contributed by atoms with van der Waals surface area (Å²) in [4.78, 5) is 4.54. The maximum absolute atomic E-state index is 9.36. The molecule has 21 heavy (non-hydrogen) atoms. The van der Waals surface area contributed by atoms with E-state index in [1.807, 2.05) is 19.9 Å². The lowest BCUT2D eigenvalue weighted by Gasteiger charge is -2.31. The van der Waals surface area contributed by atoms with Crippen LogP contribution in [0.5, 0.6) is 0 Å². The molecule has 0 aliphatic heterocycles. The summed E-state index contributed by atoms with van der Waals surface area (Å²) in [5, 5.41) is 12.9. The third-order valence-corrected chi connectivity index (χ3v) is 4.59. The van der Waals surface area contributed by atoms with Crippen molar-refractivity contribution in [2.24, 2.45) is 11.3 Å². The van der Waals surface area contributed by atoms with Gasteiger partial charge in [-0.05, 0) is 56.1 Å². The van der Waals surface area contributed by atoms with E-state index in [0.717, 1.165) is 23.6 Å². The Morgan fingerprint density at radius 2 is 2.00 bits per heavy atom. The van der Waals surface area contributed by atoms with Gasteiger partial charge >= 0.3 is 0 Å². The van der Waals surface area contributed by atoms with E-state index in [1.54, 1.807) is 0 Å². The SMILES string of the molecule is Cc1cc(C)c(C#N)c(NCC2(CC(C)C)CCCC2)n1. The number of nitrogens with zero attached hydrogens (tertiary/aromatic N) is 2. The summed E-state index contributed by atoms with van der Waals surface area (Å²) in [6.45, 7) is 9.51. The molecule has 0 radical (unpaired) electrons. The smallest absolute Gasteiger partial charge is 0.144 e. The fourth-order valence-corrected chi connectivity index (χ4v) is 3.82. The van der Waals surface area contributed by atoms with Crippen LogP contribution in [-0.4, -0.2) is 11.5 Å². The molecule has 1 aliphatic rings. The Morgan fingerprint density at radius 3 is 2.57 bits per heavy atom. The first kappa shape index (κ1) is 15.8. The van der Waals surface area contributed by atoms with Crippen LogP contribution in [0, 0.1) is 36.5 Å². The molecular weight excluding hydrogens is 258 g/mol.